The van der Waals surface area contributed by atoms with Crippen LogP contribution in [0.2, 0.25) is 0 Å². The van der Waals surface area contributed by atoms with Gasteiger partial charge in [0.1, 0.15) is 6.04 Å². The zero-order valence-corrected chi connectivity index (χ0v) is 12.9. The van der Waals surface area contributed by atoms with E-state index in [4.69, 9.17) is 15.9 Å². The average molecular weight is 323 g/mol. The van der Waals surface area contributed by atoms with Crippen LogP contribution < -0.4 is 11.1 Å². The number of rotatable bonds is 9. The maximum atomic E-state index is 11.9. The van der Waals surface area contributed by atoms with E-state index in [1.54, 1.807) is 19.1 Å². The fraction of sp³-hybridized carbons (Fsp3) is 0.467. The molecule has 2 unspecified atom stereocenters. The number of hydrogen-bond acceptors (Lipinski definition) is 5. The summed E-state index contributed by atoms with van der Waals surface area (Å²) in [5.41, 5.74) is 6.57. The molecular weight excluding hydrogens is 302 g/mol. The SMILES string of the molecule is Cc1cc(C(=O)NCCCC(CC(N)C(=O)O)C(=O)O)ccn1. The van der Waals surface area contributed by atoms with Gasteiger partial charge in [-0.2, -0.15) is 0 Å². The molecule has 8 heteroatoms. The molecule has 1 aromatic heterocycles. The Labute approximate surface area is 133 Å². The van der Waals surface area contributed by atoms with Crippen LogP contribution in [0.25, 0.3) is 0 Å². The Morgan fingerprint density at radius 3 is 2.57 bits per heavy atom. The summed E-state index contributed by atoms with van der Waals surface area (Å²) < 4.78 is 0. The van der Waals surface area contributed by atoms with E-state index in [2.05, 4.69) is 10.3 Å². The Kier molecular flexibility index (Phi) is 7.14. The largest absolute Gasteiger partial charge is 0.481 e. The van der Waals surface area contributed by atoms with Gasteiger partial charge in [0.25, 0.3) is 5.91 Å². The van der Waals surface area contributed by atoms with Crippen LogP contribution in [0.5, 0.6) is 0 Å². The number of pyridine rings is 1. The van der Waals surface area contributed by atoms with Gasteiger partial charge in [-0.25, -0.2) is 0 Å². The van der Waals surface area contributed by atoms with Crippen molar-refractivity contribution >= 4 is 17.8 Å². The number of carbonyl (C=O) groups is 3. The lowest BCUT2D eigenvalue weighted by Gasteiger charge is -2.15. The van der Waals surface area contributed by atoms with E-state index in [9.17, 15) is 14.4 Å². The van der Waals surface area contributed by atoms with Crippen LogP contribution in [-0.2, 0) is 9.59 Å². The van der Waals surface area contributed by atoms with Crippen molar-refractivity contribution in [2.75, 3.05) is 6.54 Å². The van der Waals surface area contributed by atoms with Gasteiger partial charge in [-0.15, -0.1) is 0 Å². The lowest BCUT2D eigenvalue weighted by molar-refractivity contribution is -0.143. The van der Waals surface area contributed by atoms with Crippen molar-refractivity contribution in [3.05, 3.63) is 29.6 Å². The van der Waals surface area contributed by atoms with Gasteiger partial charge in [-0.3, -0.25) is 19.4 Å². The lowest BCUT2D eigenvalue weighted by atomic mass is 9.95. The summed E-state index contributed by atoms with van der Waals surface area (Å²) in [6.07, 6.45) is 2.06. The van der Waals surface area contributed by atoms with Crippen molar-refractivity contribution in [3.8, 4) is 0 Å². The van der Waals surface area contributed by atoms with Gasteiger partial charge in [-0.05, 0) is 38.3 Å². The molecule has 0 fully saturated rings. The van der Waals surface area contributed by atoms with E-state index in [0.29, 0.717) is 18.5 Å². The Morgan fingerprint density at radius 2 is 2.00 bits per heavy atom. The van der Waals surface area contributed by atoms with Gasteiger partial charge >= 0.3 is 11.9 Å². The number of aryl methyl sites for hydroxylation is 1. The van der Waals surface area contributed by atoms with Gasteiger partial charge < -0.3 is 21.3 Å². The van der Waals surface area contributed by atoms with Gasteiger partial charge in [0.2, 0.25) is 0 Å². The monoisotopic (exact) mass is 323 g/mol. The first-order chi connectivity index (χ1) is 10.8. The average Bonchev–Trinajstić information content (AvgIpc) is 2.49. The molecule has 23 heavy (non-hydrogen) atoms. The molecule has 0 aliphatic carbocycles. The molecule has 1 amide bonds. The molecule has 1 rings (SSSR count). The van der Waals surface area contributed by atoms with Crippen LogP contribution in [0, 0.1) is 12.8 Å². The van der Waals surface area contributed by atoms with Crippen LogP contribution in [0.1, 0.15) is 35.3 Å². The maximum absolute atomic E-state index is 11.9. The second kappa shape index (κ2) is 8.84. The molecule has 2 atom stereocenters. The predicted octanol–water partition coefficient (Wildman–Crippen LogP) is 0.403. The normalized spacial score (nSPS) is 13.1. The van der Waals surface area contributed by atoms with Crippen LogP contribution in [0.15, 0.2) is 18.3 Å². The van der Waals surface area contributed by atoms with Crippen molar-refractivity contribution in [2.24, 2.45) is 11.7 Å². The summed E-state index contributed by atoms with van der Waals surface area (Å²) in [5, 5.41) is 20.5. The molecule has 0 aromatic carbocycles. The predicted molar refractivity (Wildman–Crippen MR) is 81.9 cm³/mol. The first kappa shape index (κ1) is 18.6. The zero-order valence-electron chi connectivity index (χ0n) is 12.9. The van der Waals surface area contributed by atoms with Crippen molar-refractivity contribution in [2.45, 2.75) is 32.2 Å². The third-order valence-electron chi connectivity index (χ3n) is 3.38. The standard InChI is InChI=1S/C15H21N3O5/c1-9-7-10(4-6-17-9)13(19)18-5-2-3-11(14(20)21)8-12(16)15(22)23/h4,6-7,11-12H,2-3,5,8,16H2,1H3,(H,18,19)(H,20,21)(H,22,23). The number of nitrogens with two attached hydrogens (primary N) is 1. The van der Waals surface area contributed by atoms with E-state index in [1.807, 2.05) is 0 Å². The molecule has 0 spiro atoms. The van der Waals surface area contributed by atoms with Crippen molar-refractivity contribution in [1.29, 1.82) is 0 Å². The number of nitrogens with one attached hydrogen (secondary N) is 1. The Morgan fingerprint density at radius 1 is 1.30 bits per heavy atom. The lowest BCUT2D eigenvalue weighted by Crippen LogP contribution is -2.34. The highest BCUT2D eigenvalue weighted by atomic mass is 16.4. The van der Waals surface area contributed by atoms with E-state index in [0.717, 1.165) is 5.69 Å². The summed E-state index contributed by atoms with van der Waals surface area (Å²) in [6.45, 7) is 2.08. The molecule has 0 saturated heterocycles. The number of aliphatic carboxylic acids is 2. The fourth-order valence-corrected chi connectivity index (χ4v) is 2.09. The summed E-state index contributed by atoms with van der Waals surface area (Å²) >= 11 is 0. The smallest absolute Gasteiger partial charge is 0.320 e. The summed E-state index contributed by atoms with van der Waals surface area (Å²) in [7, 11) is 0. The Balaban J connectivity index is 2.40. The molecule has 0 saturated carbocycles. The van der Waals surface area contributed by atoms with Gasteiger partial charge in [0.05, 0.1) is 5.92 Å². The number of nitrogens with zero attached hydrogens (tertiary/aromatic N) is 1. The van der Waals surface area contributed by atoms with E-state index >= 15 is 0 Å². The highest BCUT2D eigenvalue weighted by molar-refractivity contribution is 5.94. The minimum atomic E-state index is -1.22. The van der Waals surface area contributed by atoms with Crippen molar-refractivity contribution in [3.63, 3.8) is 0 Å². The molecule has 126 valence electrons. The fourth-order valence-electron chi connectivity index (χ4n) is 2.09. The summed E-state index contributed by atoms with van der Waals surface area (Å²) in [6, 6.07) is 2.04. The molecule has 1 aromatic rings. The third-order valence-corrected chi connectivity index (χ3v) is 3.38. The third kappa shape index (κ3) is 6.43. The second-order valence-electron chi connectivity index (χ2n) is 5.30. The highest BCUT2D eigenvalue weighted by Crippen LogP contribution is 2.13. The molecule has 0 aliphatic heterocycles. The van der Waals surface area contributed by atoms with Crippen molar-refractivity contribution in [1.82, 2.24) is 10.3 Å². The van der Waals surface area contributed by atoms with Crippen LogP contribution >= 0.6 is 0 Å². The van der Waals surface area contributed by atoms with Crippen molar-refractivity contribution < 1.29 is 24.6 Å². The van der Waals surface area contributed by atoms with Gasteiger partial charge in [0, 0.05) is 24.0 Å². The van der Waals surface area contributed by atoms with E-state index < -0.39 is 23.9 Å². The van der Waals surface area contributed by atoms with Gasteiger partial charge in [0.15, 0.2) is 0 Å². The van der Waals surface area contributed by atoms with E-state index in [-0.39, 0.29) is 18.7 Å². The minimum Gasteiger partial charge on any atom is -0.481 e. The second-order valence-corrected chi connectivity index (χ2v) is 5.30. The maximum Gasteiger partial charge on any atom is 0.320 e. The molecule has 1 heterocycles. The van der Waals surface area contributed by atoms with Crippen LogP contribution in [-0.4, -0.2) is 45.6 Å². The van der Waals surface area contributed by atoms with Gasteiger partial charge in [-0.1, -0.05) is 0 Å². The first-order valence-electron chi connectivity index (χ1n) is 7.23. The Bertz CT molecular complexity index is 576. The molecule has 0 aliphatic rings. The molecule has 5 N–H and O–H groups in total. The number of aromatic nitrogens is 1. The number of amides is 1. The topological polar surface area (TPSA) is 143 Å². The molecular formula is C15H21N3O5. The highest BCUT2D eigenvalue weighted by Gasteiger charge is 2.23. The molecule has 0 radical (unpaired) electrons. The molecule has 8 nitrogen and oxygen atoms in total. The quantitative estimate of drug-likeness (QED) is 0.482. The summed E-state index contributed by atoms with van der Waals surface area (Å²) in [4.78, 5) is 37.7. The Hall–Kier alpha value is -2.48. The zero-order chi connectivity index (χ0) is 17.4. The van der Waals surface area contributed by atoms with E-state index in [1.165, 1.54) is 6.20 Å². The molecule has 0 bridgehead atoms. The van der Waals surface area contributed by atoms with Crippen LogP contribution in [0.4, 0.5) is 0 Å². The van der Waals surface area contributed by atoms with Crippen LogP contribution in [0.3, 0.4) is 0 Å². The first-order valence-corrected chi connectivity index (χ1v) is 7.23. The minimum absolute atomic E-state index is 0.137. The summed E-state index contributed by atoms with van der Waals surface area (Å²) in [5.74, 6) is -3.42. The number of carbonyl (C=O) groups excluding carboxylic acids is 1. The number of hydrogen-bond donors (Lipinski definition) is 4. The number of carboxylic acid groups (broad SMARTS) is 2. The number of carboxylic acids is 2.